The van der Waals surface area contributed by atoms with E-state index in [1.54, 1.807) is 24.3 Å². The third-order valence-corrected chi connectivity index (χ3v) is 7.76. The summed E-state index contributed by atoms with van der Waals surface area (Å²) in [4.78, 5) is 0. The quantitative estimate of drug-likeness (QED) is 0.145. The maximum absolute atomic E-state index is 9.50. The Balaban J connectivity index is 1.62. The molecule has 0 amide bonds. The van der Waals surface area contributed by atoms with Crippen LogP contribution < -0.4 is 0 Å². The summed E-state index contributed by atoms with van der Waals surface area (Å²) in [6.45, 7) is 0. The zero-order valence-corrected chi connectivity index (χ0v) is 22.7. The van der Waals surface area contributed by atoms with Crippen LogP contribution in [0.4, 0.5) is 0 Å². The highest BCUT2D eigenvalue weighted by Crippen LogP contribution is 2.46. The van der Waals surface area contributed by atoms with Gasteiger partial charge in [-0.3, -0.25) is 0 Å². The van der Waals surface area contributed by atoms with Crippen LogP contribution in [0.5, 0.6) is 0 Å². The summed E-state index contributed by atoms with van der Waals surface area (Å²) in [5, 5.41) is -3.90. The number of hydrogen-bond donors (Lipinski definition) is 0. The van der Waals surface area contributed by atoms with Gasteiger partial charge in [0.2, 0.25) is 0 Å². The molecule has 0 heterocycles. The summed E-state index contributed by atoms with van der Waals surface area (Å²) in [6, 6.07) is 2.26. The lowest BCUT2D eigenvalue weighted by Crippen LogP contribution is -1.92. The number of hydrogen-bond acceptors (Lipinski definition) is 0. The molecule has 0 radical (unpaired) electrons. The highest BCUT2D eigenvalue weighted by Gasteiger charge is 2.18. The molecule has 204 valence electrons. The summed E-state index contributed by atoms with van der Waals surface area (Å²) in [5.41, 5.74) is 0.762. The van der Waals surface area contributed by atoms with Gasteiger partial charge in [-0.1, -0.05) is 151 Å². The summed E-state index contributed by atoms with van der Waals surface area (Å²) in [6.07, 6.45) is 0. The van der Waals surface area contributed by atoms with E-state index in [-0.39, 0.29) is 27.1 Å². The first-order chi connectivity index (χ1) is 29.8. The molecule has 44 heavy (non-hydrogen) atoms. The van der Waals surface area contributed by atoms with Crippen molar-refractivity contribution in [3.63, 3.8) is 0 Å². The molecular formula is C44H28. The Labute approximate surface area is 283 Å². The van der Waals surface area contributed by atoms with E-state index in [2.05, 4.69) is 0 Å². The van der Waals surface area contributed by atoms with E-state index in [1.165, 1.54) is 0 Å². The van der Waals surface area contributed by atoms with Crippen molar-refractivity contribution in [1.82, 2.24) is 0 Å². The standard InChI is InChI=1S/C44H28/c1-2-12-29(13-3-1)30-16-10-17-34(27-30)43-38-18-6-8-20-40(38)44(41-21-9-7-19-39(41)43)37-23-11-22-35-36(37)25-24-33-26-31-14-4-5-15-32(31)28-42(33)35/h1-28H/i4D,5D,6D,7D,8D,9D,11D,14D,15D,18D,19D,20D,21D,22D,23D,24D,25D,26D,28D. The number of rotatable bonds is 3. The van der Waals surface area contributed by atoms with Gasteiger partial charge in [0, 0.05) is 0 Å². The minimum absolute atomic E-state index is 0.00907. The van der Waals surface area contributed by atoms with Crippen LogP contribution in [0.15, 0.2) is 169 Å². The van der Waals surface area contributed by atoms with Crippen LogP contribution in [-0.4, -0.2) is 0 Å². The van der Waals surface area contributed by atoms with E-state index in [0.29, 0.717) is 11.1 Å². The molecule has 0 aromatic heterocycles. The fourth-order valence-corrected chi connectivity index (χ4v) is 5.84. The van der Waals surface area contributed by atoms with E-state index in [0.717, 1.165) is 5.56 Å². The Morgan fingerprint density at radius 1 is 0.341 bits per heavy atom. The molecule has 0 bridgehead atoms. The Morgan fingerprint density at radius 2 is 0.932 bits per heavy atom. The van der Waals surface area contributed by atoms with E-state index in [4.69, 9.17) is 13.7 Å². The van der Waals surface area contributed by atoms with Gasteiger partial charge < -0.3 is 0 Å². The van der Waals surface area contributed by atoms with Gasteiger partial charge in [-0.25, -0.2) is 0 Å². The zero-order valence-electron chi connectivity index (χ0n) is 41.7. The topological polar surface area (TPSA) is 0 Å². The molecule has 0 spiro atoms. The molecule has 9 aromatic carbocycles. The van der Waals surface area contributed by atoms with Crippen LogP contribution in [0.3, 0.4) is 0 Å². The van der Waals surface area contributed by atoms with E-state index in [9.17, 15) is 12.3 Å². The largest absolute Gasteiger partial charge is 0.0636 e. The first kappa shape index (κ1) is 12.5. The van der Waals surface area contributed by atoms with Crippen molar-refractivity contribution >= 4 is 53.9 Å². The van der Waals surface area contributed by atoms with Gasteiger partial charge in [0.1, 0.15) is 0 Å². The van der Waals surface area contributed by atoms with E-state index >= 15 is 0 Å². The molecule has 0 aliphatic carbocycles. The van der Waals surface area contributed by atoms with Crippen molar-refractivity contribution in [3.8, 4) is 33.4 Å². The maximum Gasteiger partial charge on any atom is 0.0636 e. The van der Waals surface area contributed by atoms with Crippen molar-refractivity contribution in [3.05, 3.63) is 169 Å². The van der Waals surface area contributed by atoms with Gasteiger partial charge in [0.05, 0.1) is 26.0 Å². The molecule has 0 heteroatoms. The average Bonchev–Trinajstić information content (AvgIpc) is 3.28. The SMILES string of the molecule is [2H]c1c([2H])c([2H])c2c(-c3c([2H])c([2H])c([2H])c4c3c([2H])c([2H])c3c([2H])c5c([2H])c([2H])c([2H])c([2H])c5c([2H])c34)c3c([2H])c([2H])c([2H])c([2H])c3c(-c3cccc(-c4ccccc4)c3)c2c1[2H]. The van der Waals surface area contributed by atoms with Crippen molar-refractivity contribution in [2.45, 2.75) is 0 Å². The summed E-state index contributed by atoms with van der Waals surface area (Å²) >= 11 is 0. The molecule has 0 aliphatic rings. The minimum atomic E-state index is -0.848. The third-order valence-electron chi connectivity index (χ3n) is 7.76. The summed E-state index contributed by atoms with van der Waals surface area (Å²) in [5.74, 6) is 0. The van der Waals surface area contributed by atoms with Crippen LogP contribution >= 0.6 is 0 Å². The second-order valence-electron chi connectivity index (χ2n) is 10.2. The molecule has 0 N–H and O–H groups in total. The van der Waals surface area contributed by atoms with Gasteiger partial charge in [-0.05, 0) is 105 Å². The van der Waals surface area contributed by atoms with Crippen LogP contribution in [0.2, 0.25) is 0 Å². The first-order valence-electron chi connectivity index (χ1n) is 23.2. The fraction of sp³-hybridized carbons (Fsp3) is 0. The smallest absolute Gasteiger partial charge is 0.0622 e. The third kappa shape index (κ3) is 3.85. The molecular weight excluding hydrogens is 528 g/mol. The Morgan fingerprint density at radius 3 is 1.66 bits per heavy atom. The van der Waals surface area contributed by atoms with Gasteiger partial charge >= 0.3 is 0 Å². The zero-order chi connectivity index (χ0) is 45.6. The fourth-order valence-electron chi connectivity index (χ4n) is 5.84. The predicted octanol–water partition coefficient (Wildman–Crippen LogP) is 12.5. The lowest BCUT2D eigenvalue weighted by Gasteiger charge is -2.19. The van der Waals surface area contributed by atoms with Crippen molar-refractivity contribution in [1.29, 1.82) is 0 Å². The van der Waals surface area contributed by atoms with Gasteiger partial charge in [0.15, 0.2) is 0 Å². The highest BCUT2D eigenvalue weighted by atomic mass is 14.2. The molecule has 0 unspecified atom stereocenters. The molecule has 0 saturated heterocycles. The minimum Gasteiger partial charge on any atom is -0.0622 e. The summed E-state index contributed by atoms with van der Waals surface area (Å²) in [7, 11) is 0. The van der Waals surface area contributed by atoms with E-state index < -0.39 is 158 Å². The van der Waals surface area contributed by atoms with Gasteiger partial charge in [0.25, 0.3) is 0 Å². The van der Waals surface area contributed by atoms with E-state index in [1.807, 2.05) is 30.3 Å². The number of fused-ring (bicyclic) bond motifs is 6. The Bertz CT molecular complexity index is 3520. The van der Waals surface area contributed by atoms with Crippen molar-refractivity contribution in [2.24, 2.45) is 0 Å². The van der Waals surface area contributed by atoms with Crippen LogP contribution in [-0.2, 0) is 0 Å². The lowest BCUT2D eigenvalue weighted by atomic mass is 9.84. The Hall–Kier alpha value is -5.72. The second-order valence-corrected chi connectivity index (χ2v) is 10.2. The normalized spacial score (nSPS) is 17.7. The molecule has 0 nitrogen and oxygen atoms in total. The monoisotopic (exact) mass is 575 g/mol. The number of benzene rings is 9. The maximum atomic E-state index is 9.50. The highest BCUT2D eigenvalue weighted by molar-refractivity contribution is 6.25. The first-order valence-corrected chi connectivity index (χ1v) is 13.7. The predicted molar refractivity (Wildman–Crippen MR) is 190 cm³/mol. The molecule has 9 aromatic rings. The molecule has 0 saturated carbocycles. The summed E-state index contributed by atoms with van der Waals surface area (Å²) < 4.78 is 172. The molecule has 9 rings (SSSR count). The van der Waals surface area contributed by atoms with Crippen molar-refractivity contribution in [2.75, 3.05) is 0 Å². The average molecular weight is 576 g/mol. The van der Waals surface area contributed by atoms with Gasteiger partial charge in [-0.2, -0.15) is 0 Å². The molecule has 0 aliphatic heterocycles. The van der Waals surface area contributed by atoms with Crippen LogP contribution in [0.25, 0.3) is 87.2 Å². The Kier molecular flexibility index (Phi) is 2.82. The van der Waals surface area contributed by atoms with Crippen LogP contribution in [0.1, 0.15) is 26.0 Å². The lowest BCUT2D eigenvalue weighted by molar-refractivity contribution is 1.61. The van der Waals surface area contributed by atoms with Crippen LogP contribution in [0, 0.1) is 0 Å². The molecule has 0 fully saturated rings. The van der Waals surface area contributed by atoms with Crippen molar-refractivity contribution < 1.29 is 26.0 Å². The molecule has 0 atom stereocenters. The second kappa shape index (κ2) is 9.93. The van der Waals surface area contributed by atoms with Gasteiger partial charge in [-0.15, -0.1) is 0 Å².